The van der Waals surface area contributed by atoms with Crippen molar-refractivity contribution in [1.82, 2.24) is 9.97 Å². The van der Waals surface area contributed by atoms with Crippen LogP contribution >= 0.6 is 11.6 Å². The zero-order valence-corrected chi connectivity index (χ0v) is 6.42. The van der Waals surface area contributed by atoms with E-state index in [0.29, 0.717) is 5.15 Å². The summed E-state index contributed by atoms with van der Waals surface area (Å²) >= 11 is 5.81. The van der Waals surface area contributed by atoms with E-state index in [9.17, 15) is 0 Å². The summed E-state index contributed by atoms with van der Waals surface area (Å²) in [5.74, 6) is 0. The van der Waals surface area contributed by atoms with Gasteiger partial charge in [0, 0.05) is 24.0 Å². The maximum Gasteiger partial charge on any atom is 0.138 e. The van der Waals surface area contributed by atoms with Crippen LogP contribution in [0.25, 0.3) is 10.8 Å². The van der Waals surface area contributed by atoms with Gasteiger partial charge in [-0.1, -0.05) is 11.6 Å². The lowest BCUT2D eigenvalue weighted by molar-refractivity contribution is 1.32. The lowest BCUT2D eigenvalue weighted by Gasteiger charge is -1.95. The van der Waals surface area contributed by atoms with Crippen molar-refractivity contribution in [1.29, 1.82) is 0 Å². The van der Waals surface area contributed by atoms with E-state index >= 15 is 0 Å². The Morgan fingerprint density at radius 2 is 2.00 bits per heavy atom. The van der Waals surface area contributed by atoms with E-state index in [2.05, 4.69) is 9.97 Å². The highest BCUT2D eigenvalue weighted by Crippen LogP contribution is 2.18. The molecule has 0 aromatic carbocycles. The summed E-state index contributed by atoms with van der Waals surface area (Å²) in [5, 5.41) is 2.48. The molecule has 0 saturated heterocycles. The van der Waals surface area contributed by atoms with Gasteiger partial charge in [-0.2, -0.15) is 0 Å². The molecule has 0 spiro atoms. The Labute approximate surface area is 68.9 Å². The summed E-state index contributed by atoms with van der Waals surface area (Å²) < 4.78 is 0. The number of aromatic nitrogens is 2. The topological polar surface area (TPSA) is 25.8 Å². The first kappa shape index (κ1) is 6.55. The second kappa shape index (κ2) is 2.47. The summed E-state index contributed by atoms with van der Waals surface area (Å²) in [5.41, 5.74) is 0. The van der Waals surface area contributed by atoms with Crippen LogP contribution in [0.4, 0.5) is 0 Å². The maximum absolute atomic E-state index is 5.81. The molecule has 0 radical (unpaired) electrons. The summed E-state index contributed by atoms with van der Waals surface area (Å²) in [6.07, 6.45) is 5.13. The van der Waals surface area contributed by atoms with Crippen LogP contribution in [-0.4, -0.2) is 9.97 Å². The number of halogens is 1. The second-order valence-corrected chi connectivity index (χ2v) is 2.56. The first-order valence-corrected chi connectivity index (χ1v) is 3.60. The molecule has 2 heterocycles. The van der Waals surface area contributed by atoms with Gasteiger partial charge in [-0.15, -0.1) is 0 Å². The fraction of sp³-hybridized carbons (Fsp3) is 0. The maximum atomic E-state index is 5.81. The molecule has 11 heavy (non-hydrogen) atoms. The minimum absolute atomic E-state index is 0.510. The molecule has 0 N–H and O–H groups in total. The van der Waals surface area contributed by atoms with E-state index in [1.807, 2.05) is 12.1 Å². The molecule has 0 aliphatic rings. The van der Waals surface area contributed by atoms with Gasteiger partial charge < -0.3 is 0 Å². The normalized spacial score (nSPS) is 10.3. The van der Waals surface area contributed by atoms with Gasteiger partial charge in [0.1, 0.15) is 5.15 Å². The number of rotatable bonds is 0. The number of pyridine rings is 2. The third-order valence-corrected chi connectivity index (χ3v) is 1.82. The van der Waals surface area contributed by atoms with Gasteiger partial charge in [0.25, 0.3) is 0 Å². The van der Waals surface area contributed by atoms with Crippen molar-refractivity contribution in [2.75, 3.05) is 0 Å². The SMILES string of the molecule is Clc1nccc2ccncc12. The van der Waals surface area contributed by atoms with E-state index in [1.54, 1.807) is 18.6 Å². The molecule has 0 atom stereocenters. The molecule has 2 aromatic rings. The van der Waals surface area contributed by atoms with Gasteiger partial charge >= 0.3 is 0 Å². The van der Waals surface area contributed by atoms with Crippen molar-refractivity contribution < 1.29 is 0 Å². The highest BCUT2D eigenvalue weighted by Gasteiger charge is 1.96. The lowest BCUT2D eigenvalue weighted by atomic mass is 10.2. The van der Waals surface area contributed by atoms with E-state index in [0.717, 1.165) is 10.8 Å². The Bertz CT molecular complexity index is 381. The Hall–Kier alpha value is -1.15. The fourth-order valence-corrected chi connectivity index (χ4v) is 1.19. The van der Waals surface area contributed by atoms with E-state index in [-0.39, 0.29) is 0 Å². The molecule has 54 valence electrons. The Morgan fingerprint density at radius 1 is 1.18 bits per heavy atom. The number of nitrogens with zero attached hydrogens (tertiary/aromatic N) is 2. The average Bonchev–Trinajstić information content (AvgIpc) is 2.06. The molecule has 0 saturated carbocycles. The van der Waals surface area contributed by atoms with Crippen molar-refractivity contribution in [3.05, 3.63) is 35.9 Å². The standard InChI is InChI=1S/C8H5ClN2/c9-8-7-5-10-3-1-6(7)2-4-11-8/h1-5H. The average molecular weight is 165 g/mol. The first-order chi connectivity index (χ1) is 5.38. The minimum Gasteiger partial charge on any atom is -0.264 e. The van der Waals surface area contributed by atoms with Crippen molar-refractivity contribution in [3.8, 4) is 0 Å². The van der Waals surface area contributed by atoms with Gasteiger partial charge in [-0.3, -0.25) is 4.98 Å². The molecular weight excluding hydrogens is 160 g/mol. The van der Waals surface area contributed by atoms with Crippen molar-refractivity contribution in [2.45, 2.75) is 0 Å². The van der Waals surface area contributed by atoms with Crippen LogP contribution in [0, 0.1) is 0 Å². The first-order valence-electron chi connectivity index (χ1n) is 3.22. The Kier molecular flexibility index (Phi) is 1.47. The quantitative estimate of drug-likeness (QED) is 0.559. The van der Waals surface area contributed by atoms with Crippen LogP contribution in [0.1, 0.15) is 0 Å². The summed E-state index contributed by atoms with van der Waals surface area (Å²) in [4.78, 5) is 7.88. The monoisotopic (exact) mass is 164 g/mol. The molecule has 3 heteroatoms. The van der Waals surface area contributed by atoms with Crippen LogP contribution < -0.4 is 0 Å². The predicted octanol–water partition coefficient (Wildman–Crippen LogP) is 2.28. The molecule has 2 aromatic heterocycles. The molecule has 2 nitrogen and oxygen atoms in total. The third-order valence-electron chi connectivity index (χ3n) is 1.52. The zero-order valence-electron chi connectivity index (χ0n) is 5.66. The van der Waals surface area contributed by atoms with Crippen LogP contribution in [-0.2, 0) is 0 Å². The summed E-state index contributed by atoms with van der Waals surface area (Å²) in [6, 6.07) is 3.81. The largest absolute Gasteiger partial charge is 0.264 e. The Morgan fingerprint density at radius 3 is 2.82 bits per heavy atom. The van der Waals surface area contributed by atoms with Crippen molar-refractivity contribution in [3.63, 3.8) is 0 Å². The van der Waals surface area contributed by atoms with Crippen LogP contribution in [0.5, 0.6) is 0 Å². The van der Waals surface area contributed by atoms with Gasteiger partial charge in [0.05, 0.1) is 0 Å². The minimum atomic E-state index is 0.510. The number of hydrogen-bond donors (Lipinski definition) is 0. The zero-order chi connectivity index (χ0) is 7.68. The fourth-order valence-electron chi connectivity index (χ4n) is 0.975. The second-order valence-electron chi connectivity index (χ2n) is 2.20. The smallest absolute Gasteiger partial charge is 0.138 e. The number of hydrogen-bond acceptors (Lipinski definition) is 2. The van der Waals surface area contributed by atoms with Crippen LogP contribution in [0.2, 0.25) is 5.15 Å². The molecule has 0 aliphatic heterocycles. The predicted molar refractivity (Wildman–Crippen MR) is 44.5 cm³/mol. The van der Waals surface area contributed by atoms with Gasteiger partial charge in [-0.25, -0.2) is 4.98 Å². The van der Waals surface area contributed by atoms with Crippen molar-refractivity contribution >= 4 is 22.4 Å². The highest BCUT2D eigenvalue weighted by atomic mass is 35.5. The van der Waals surface area contributed by atoms with E-state index in [4.69, 9.17) is 11.6 Å². The third kappa shape index (κ3) is 1.05. The van der Waals surface area contributed by atoms with Gasteiger partial charge in [0.2, 0.25) is 0 Å². The van der Waals surface area contributed by atoms with Crippen LogP contribution in [0.15, 0.2) is 30.7 Å². The van der Waals surface area contributed by atoms with Crippen molar-refractivity contribution in [2.24, 2.45) is 0 Å². The summed E-state index contributed by atoms with van der Waals surface area (Å²) in [7, 11) is 0. The summed E-state index contributed by atoms with van der Waals surface area (Å²) in [6.45, 7) is 0. The molecular formula is C8H5ClN2. The van der Waals surface area contributed by atoms with Gasteiger partial charge in [-0.05, 0) is 17.5 Å². The van der Waals surface area contributed by atoms with E-state index < -0.39 is 0 Å². The molecule has 0 amide bonds. The van der Waals surface area contributed by atoms with Crippen LogP contribution in [0.3, 0.4) is 0 Å². The van der Waals surface area contributed by atoms with E-state index in [1.165, 1.54) is 0 Å². The lowest BCUT2D eigenvalue weighted by Crippen LogP contribution is -1.78. The van der Waals surface area contributed by atoms with Gasteiger partial charge in [0.15, 0.2) is 0 Å². The Balaban J connectivity index is 2.91. The molecule has 0 unspecified atom stereocenters. The molecule has 0 bridgehead atoms. The highest BCUT2D eigenvalue weighted by molar-refractivity contribution is 6.34. The molecule has 0 aliphatic carbocycles. The molecule has 2 rings (SSSR count). The number of fused-ring (bicyclic) bond motifs is 1. The molecule has 0 fully saturated rings.